The number of carbonyl (C=O) groups is 2. The van der Waals surface area contributed by atoms with Gasteiger partial charge in [0, 0.05) is 26.4 Å². The summed E-state index contributed by atoms with van der Waals surface area (Å²) >= 11 is 7.74. The molecule has 0 radical (unpaired) electrons. The lowest BCUT2D eigenvalue weighted by Crippen LogP contribution is -2.16. The van der Waals surface area contributed by atoms with Crippen molar-refractivity contribution in [2.75, 3.05) is 5.32 Å². The molecule has 2 amide bonds. The second kappa shape index (κ2) is 7.99. The van der Waals surface area contributed by atoms with Crippen molar-refractivity contribution in [3.8, 4) is 10.4 Å². The van der Waals surface area contributed by atoms with Crippen LogP contribution in [0, 0.1) is 0 Å². The summed E-state index contributed by atoms with van der Waals surface area (Å²) in [6.45, 7) is 0. The maximum Gasteiger partial charge on any atom is 0.250 e. The number of hydrogen-bond acceptors (Lipinski definition) is 3. The van der Waals surface area contributed by atoms with Crippen molar-refractivity contribution in [1.82, 2.24) is 0 Å². The van der Waals surface area contributed by atoms with Crippen LogP contribution in [-0.4, -0.2) is 11.8 Å². The summed E-state index contributed by atoms with van der Waals surface area (Å²) in [6, 6.07) is 18.1. The lowest BCUT2D eigenvalue weighted by molar-refractivity contribution is -0.111. The smallest absolute Gasteiger partial charge is 0.250 e. The summed E-state index contributed by atoms with van der Waals surface area (Å²) in [4.78, 5) is 25.5. The molecule has 0 aliphatic carbocycles. The van der Waals surface area contributed by atoms with Gasteiger partial charge in [0.05, 0.1) is 11.3 Å². The first-order valence-corrected chi connectivity index (χ1v) is 8.96. The van der Waals surface area contributed by atoms with Crippen LogP contribution in [0.3, 0.4) is 0 Å². The maximum absolute atomic E-state index is 12.1. The van der Waals surface area contributed by atoms with Gasteiger partial charge in [-0.05, 0) is 36.4 Å². The van der Waals surface area contributed by atoms with Crippen molar-refractivity contribution in [1.29, 1.82) is 0 Å². The standard InChI is InChI=1S/C20H15ClN2O2S/c21-16-7-3-1-5-14(16)18-11-9-13(26-18)10-12-19(24)23-17-8-4-2-6-15(17)20(22)25/h1-12H,(H2,22,25)(H,23,24)/b12-10+. The van der Waals surface area contributed by atoms with Gasteiger partial charge in [-0.2, -0.15) is 0 Å². The summed E-state index contributed by atoms with van der Waals surface area (Å²) in [6.07, 6.45) is 3.13. The number of primary amides is 1. The Bertz CT molecular complexity index is 995. The van der Waals surface area contributed by atoms with E-state index in [2.05, 4.69) is 5.32 Å². The number of amides is 2. The van der Waals surface area contributed by atoms with E-state index in [-0.39, 0.29) is 11.5 Å². The second-order valence-electron chi connectivity index (χ2n) is 5.41. The Morgan fingerprint density at radius 3 is 2.50 bits per heavy atom. The Labute approximate surface area is 159 Å². The van der Waals surface area contributed by atoms with Gasteiger partial charge in [0.25, 0.3) is 5.91 Å². The quantitative estimate of drug-likeness (QED) is 0.621. The molecule has 0 aliphatic rings. The van der Waals surface area contributed by atoms with Gasteiger partial charge in [-0.3, -0.25) is 9.59 Å². The molecule has 4 nitrogen and oxygen atoms in total. The highest BCUT2D eigenvalue weighted by molar-refractivity contribution is 7.16. The second-order valence-corrected chi connectivity index (χ2v) is 6.94. The van der Waals surface area contributed by atoms with Crippen LogP contribution in [-0.2, 0) is 4.79 Å². The first-order valence-electron chi connectivity index (χ1n) is 7.77. The largest absolute Gasteiger partial charge is 0.366 e. The van der Waals surface area contributed by atoms with Crippen LogP contribution in [0.1, 0.15) is 15.2 Å². The molecule has 3 N–H and O–H groups in total. The molecule has 0 spiro atoms. The van der Waals surface area contributed by atoms with Crippen LogP contribution in [0.25, 0.3) is 16.5 Å². The third-order valence-electron chi connectivity index (χ3n) is 3.62. The predicted molar refractivity (Wildman–Crippen MR) is 107 cm³/mol. The highest BCUT2D eigenvalue weighted by Gasteiger charge is 2.09. The van der Waals surface area contributed by atoms with Crippen molar-refractivity contribution in [2.24, 2.45) is 5.73 Å². The Hall–Kier alpha value is -2.89. The maximum atomic E-state index is 12.1. The van der Waals surface area contributed by atoms with Gasteiger partial charge < -0.3 is 11.1 Å². The lowest BCUT2D eigenvalue weighted by Gasteiger charge is -2.06. The van der Waals surface area contributed by atoms with Crippen molar-refractivity contribution < 1.29 is 9.59 Å². The molecule has 0 saturated heterocycles. The number of halogens is 1. The molecule has 0 saturated carbocycles. The fourth-order valence-corrected chi connectivity index (χ4v) is 3.63. The van der Waals surface area contributed by atoms with Gasteiger partial charge in [-0.25, -0.2) is 0 Å². The number of nitrogens with one attached hydrogen (secondary N) is 1. The van der Waals surface area contributed by atoms with E-state index in [4.69, 9.17) is 17.3 Å². The number of benzene rings is 2. The summed E-state index contributed by atoms with van der Waals surface area (Å²) in [7, 11) is 0. The minimum Gasteiger partial charge on any atom is -0.366 e. The van der Waals surface area contributed by atoms with E-state index < -0.39 is 5.91 Å². The van der Waals surface area contributed by atoms with Crippen LogP contribution >= 0.6 is 22.9 Å². The van der Waals surface area contributed by atoms with Crippen molar-refractivity contribution in [3.05, 3.63) is 82.2 Å². The van der Waals surface area contributed by atoms with Gasteiger partial charge in [0.2, 0.25) is 5.91 Å². The lowest BCUT2D eigenvalue weighted by atomic mass is 10.1. The SMILES string of the molecule is NC(=O)c1ccccc1NC(=O)/C=C/c1ccc(-c2ccccc2Cl)s1. The van der Waals surface area contributed by atoms with E-state index >= 15 is 0 Å². The van der Waals surface area contributed by atoms with E-state index in [0.717, 1.165) is 15.3 Å². The van der Waals surface area contributed by atoms with Crippen LogP contribution in [0.4, 0.5) is 5.69 Å². The molecule has 3 aromatic rings. The zero-order chi connectivity index (χ0) is 18.5. The Kier molecular flexibility index (Phi) is 5.51. The van der Waals surface area contributed by atoms with Crippen molar-refractivity contribution >= 4 is 46.5 Å². The highest BCUT2D eigenvalue weighted by atomic mass is 35.5. The zero-order valence-corrected chi connectivity index (χ0v) is 15.2. The van der Waals surface area contributed by atoms with Crippen LogP contribution in [0.2, 0.25) is 5.02 Å². The number of rotatable bonds is 5. The highest BCUT2D eigenvalue weighted by Crippen LogP contribution is 2.33. The fraction of sp³-hybridized carbons (Fsp3) is 0. The molecule has 0 aliphatic heterocycles. The molecule has 2 aromatic carbocycles. The molecule has 0 atom stereocenters. The Morgan fingerprint density at radius 1 is 1.00 bits per heavy atom. The third kappa shape index (κ3) is 4.20. The molecule has 6 heteroatoms. The molecular formula is C20H15ClN2O2S. The van der Waals surface area contributed by atoms with Crippen LogP contribution < -0.4 is 11.1 Å². The summed E-state index contributed by atoms with van der Waals surface area (Å²) in [5.74, 6) is -0.932. The van der Waals surface area contributed by atoms with Gasteiger partial charge in [-0.1, -0.05) is 41.9 Å². The Balaban J connectivity index is 1.72. The normalized spacial score (nSPS) is 10.8. The molecule has 130 valence electrons. The topological polar surface area (TPSA) is 72.2 Å². The van der Waals surface area contributed by atoms with Gasteiger partial charge in [0.15, 0.2) is 0 Å². The molecule has 0 bridgehead atoms. The first kappa shape index (κ1) is 17.9. The Morgan fingerprint density at radius 2 is 1.73 bits per heavy atom. The average Bonchev–Trinajstić information content (AvgIpc) is 3.09. The van der Waals surface area contributed by atoms with E-state index in [0.29, 0.717) is 10.7 Å². The van der Waals surface area contributed by atoms with E-state index in [1.54, 1.807) is 30.3 Å². The summed E-state index contributed by atoms with van der Waals surface area (Å²) < 4.78 is 0. The average molecular weight is 383 g/mol. The number of anilines is 1. The van der Waals surface area contributed by atoms with E-state index in [1.165, 1.54) is 17.4 Å². The minimum absolute atomic E-state index is 0.270. The zero-order valence-electron chi connectivity index (χ0n) is 13.6. The van der Waals surface area contributed by atoms with Crippen molar-refractivity contribution in [3.63, 3.8) is 0 Å². The summed E-state index contributed by atoms with van der Waals surface area (Å²) in [5, 5.41) is 3.35. The molecule has 1 aromatic heterocycles. The molecular weight excluding hydrogens is 368 g/mol. The fourth-order valence-electron chi connectivity index (χ4n) is 2.39. The third-order valence-corrected chi connectivity index (χ3v) is 5.03. The number of hydrogen-bond donors (Lipinski definition) is 2. The van der Waals surface area contributed by atoms with Gasteiger partial charge >= 0.3 is 0 Å². The predicted octanol–water partition coefficient (Wildman–Crippen LogP) is 4.82. The van der Waals surface area contributed by atoms with E-state index in [9.17, 15) is 9.59 Å². The molecule has 1 heterocycles. The van der Waals surface area contributed by atoms with Gasteiger partial charge in [0.1, 0.15) is 0 Å². The summed E-state index contributed by atoms with van der Waals surface area (Å²) in [5.41, 5.74) is 6.92. The van der Waals surface area contributed by atoms with Gasteiger partial charge in [-0.15, -0.1) is 11.3 Å². The molecule has 26 heavy (non-hydrogen) atoms. The molecule has 0 fully saturated rings. The molecule has 3 rings (SSSR count). The minimum atomic E-state index is -0.590. The number of thiophene rings is 1. The number of nitrogens with two attached hydrogens (primary N) is 1. The number of para-hydroxylation sites is 1. The van der Waals surface area contributed by atoms with E-state index in [1.807, 2.05) is 36.4 Å². The monoisotopic (exact) mass is 382 g/mol. The van der Waals surface area contributed by atoms with Crippen molar-refractivity contribution in [2.45, 2.75) is 0 Å². The van der Waals surface area contributed by atoms with Crippen LogP contribution in [0.15, 0.2) is 66.7 Å². The van der Waals surface area contributed by atoms with Crippen LogP contribution in [0.5, 0.6) is 0 Å². The molecule has 0 unspecified atom stereocenters. The first-order chi connectivity index (χ1) is 12.5. The number of carbonyl (C=O) groups excluding carboxylic acids is 2.